The number of hydrogen-bond donors (Lipinski definition) is 0. The average molecular weight is 768 g/mol. The molecule has 9 nitrogen and oxygen atoms in total. The smallest absolute Gasteiger partial charge is 0.306 e. The van der Waals surface area contributed by atoms with Crippen molar-refractivity contribution in [1.82, 2.24) is 0 Å². The molecular formula is C43H78NO8P. The van der Waals surface area contributed by atoms with Gasteiger partial charge >= 0.3 is 11.9 Å². The zero-order valence-electron chi connectivity index (χ0n) is 34.4. The first-order valence-electron chi connectivity index (χ1n) is 20.8. The van der Waals surface area contributed by atoms with Crippen molar-refractivity contribution in [1.29, 1.82) is 0 Å². The van der Waals surface area contributed by atoms with Crippen molar-refractivity contribution in [2.75, 3.05) is 47.5 Å². The van der Waals surface area contributed by atoms with Gasteiger partial charge in [0.05, 0.1) is 27.7 Å². The summed E-state index contributed by atoms with van der Waals surface area (Å²) in [4.78, 5) is 37.4. The number of nitrogens with zero attached hydrogens (tertiary/aromatic N) is 1. The highest BCUT2D eigenvalue weighted by atomic mass is 31.2. The van der Waals surface area contributed by atoms with Gasteiger partial charge in [0.2, 0.25) is 0 Å². The Labute approximate surface area is 324 Å². The molecule has 1 unspecified atom stereocenters. The third-order valence-electron chi connectivity index (χ3n) is 8.58. The summed E-state index contributed by atoms with van der Waals surface area (Å²) in [6.45, 7) is 4.06. The highest BCUT2D eigenvalue weighted by Crippen LogP contribution is 2.38. The molecule has 0 aliphatic carbocycles. The first-order chi connectivity index (χ1) is 25.5. The lowest BCUT2D eigenvalue weighted by Crippen LogP contribution is -2.37. The molecule has 0 aliphatic heterocycles. The molecule has 10 heteroatoms. The van der Waals surface area contributed by atoms with Gasteiger partial charge in [0, 0.05) is 12.8 Å². The number of likely N-dealkylation sites (N-methyl/N-ethyl adjacent to an activating group) is 1. The molecule has 0 rings (SSSR count). The van der Waals surface area contributed by atoms with Gasteiger partial charge in [-0.15, -0.1) is 0 Å². The summed E-state index contributed by atoms with van der Waals surface area (Å²) in [7, 11) is 1.14. The van der Waals surface area contributed by atoms with Crippen molar-refractivity contribution in [3.63, 3.8) is 0 Å². The topological polar surface area (TPSA) is 111 Å². The molecule has 0 aromatic rings. The van der Waals surface area contributed by atoms with E-state index in [1.807, 2.05) is 21.1 Å². The molecule has 0 aromatic carbocycles. The van der Waals surface area contributed by atoms with Crippen LogP contribution in [0, 0.1) is 0 Å². The van der Waals surface area contributed by atoms with Crippen molar-refractivity contribution in [3.05, 3.63) is 48.6 Å². The molecule has 0 saturated heterocycles. The van der Waals surface area contributed by atoms with Crippen LogP contribution >= 0.6 is 7.82 Å². The molecule has 0 saturated carbocycles. The van der Waals surface area contributed by atoms with E-state index in [1.165, 1.54) is 38.5 Å². The van der Waals surface area contributed by atoms with Crippen LogP contribution in [-0.2, 0) is 32.7 Å². The van der Waals surface area contributed by atoms with E-state index in [2.05, 4.69) is 62.5 Å². The van der Waals surface area contributed by atoms with E-state index in [1.54, 1.807) is 0 Å². The molecule has 0 spiro atoms. The van der Waals surface area contributed by atoms with Crippen LogP contribution in [0.5, 0.6) is 0 Å². The fourth-order valence-corrected chi connectivity index (χ4v) is 6.04. The maximum Gasteiger partial charge on any atom is 0.306 e. The normalized spacial score (nSPS) is 14.2. The molecule has 0 fully saturated rings. The molecule has 53 heavy (non-hydrogen) atoms. The third kappa shape index (κ3) is 39.5. The fraction of sp³-hybridized carbons (Fsp3) is 0.767. The predicted molar refractivity (Wildman–Crippen MR) is 217 cm³/mol. The van der Waals surface area contributed by atoms with Crippen LogP contribution in [-0.4, -0.2) is 70.0 Å². The number of phosphoric ester groups is 1. The molecule has 0 amide bonds. The Morgan fingerprint density at radius 2 is 1.08 bits per heavy atom. The highest BCUT2D eigenvalue weighted by molar-refractivity contribution is 7.45. The number of carbonyl (C=O) groups excluding carboxylic acids is 2. The monoisotopic (exact) mass is 768 g/mol. The maximum absolute atomic E-state index is 12.6. The van der Waals surface area contributed by atoms with E-state index >= 15 is 0 Å². The molecule has 308 valence electrons. The van der Waals surface area contributed by atoms with E-state index in [0.717, 1.165) is 83.5 Å². The molecule has 0 aliphatic rings. The van der Waals surface area contributed by atoms with Crippen LogP contribution in [0.25, 0.3) is 0 Å². The van der Waals surface area contributed by atoms with Gasteiger partial charge in [0.15, 0.2) is 6.10 Å². The Hall–Kier alpha value is -2.03. The van der Waals surface area contributed by atoms with Crippen molar-refractivity contribution in [2.45, 2.75) is 168 Å². The van der Waals surface area contributed by atoms with Crippen LogP contribution in [0.4, 0.5) is 0 Å². The second-order valence-electron chi connectivity index (χ2n) is 15.0. The summed E-state index contributed by atoms with van der Waals surface area (Å²) >= 11 is 0. The van der Waals surface area contributed by atoms with Crippen molar-refractivity contribution < 1.29 is 42.1 Å². The number of hydrogen-bond acceptors (Lipinski definition) is 8. The average Bonchev–Trinajstić information content (AvgIpc) is 3.10. The molecule has 0 aromatic heterocycles. The lowest BCUT2D eigenvalue weighted by molar-refractivity contribution is -0.870. The van der Waals surface area contributed by atoms with Crippen LogP contribution < -0.4 is 4.89 Å². The van der Waals surface area contributed by atoms with Crippen molar-refractivity contribution in [3.8, 4) is 0 Å². The standard InChI is InChI=1S/C43H78NO8P/c1-6-8-10-12-14-16-18-20-22-24-25-27-29-31-33-35-42(45)49-39-41(40-51-53(47,48)50-38-37-44(3,4)5)52-43(46)36-34-32-30-28-26-23-21-19-17-15-13-11-9-7-2/h8,10,14,16,19-22,41H,6-7,9,11-13,15,17-18,23-40H2,1-5H3/b10-8-,16-14-,21-19-,22-20-/t41-/m1/s1. The summed E-state index contributed by atoms with van der Waals surface area (Å²) in [6, 6.07) is 0. The zero-order valence-corrected chi connectivity index (χ0v) is 35.3. The highest BCUT2D eigenvalue weighted by Gasteiger charge is 2.21. The first kappa shape index (κ1) is 51.0. The summed E-state index contributed by atoms with van der Waals surface area (Å²) in [6.07, 6.45) is 39.9. The van der Waals surface area contributed by atoms with Crippen molar-refractivity contribution >= 4 is 19.8 Å². The van der Waals surface area contributed by atoms with Gasteiger partial charge in [-0.05, 0) is 70.6 Å². The Bertz CT molecular complexity index is 1050. The van der Waals surface area contributed by atoms with Gasteiger partial charge in [-0.3, -0.25) is 14.2 Å². The number of rotatable bonds is 37. The molecule has 0 heterocycles. The first-order valence-corrected chi connectivity index (χ1v) is 22.3. The lowest BCUT2D eigenvalue weighted by Gasteiger charge is -2.28. The molecule has 0 radical (unpaired) electrons. The Morgan fingerprint density at radius 3 is 1.62 bits per heavy atom. The van der Waals surface area contributed by atoms with Crippen LogP contribution in [0.15, 0.2) is 48.6 Å². The summed E-state index contributed by atoms with van der Waals surface area (Å²) in [5.74, 6) is -0.868. The van der Waals surface area contributed by atoms with Crippen molar-refractivity contribution in [2.24, 2.45) is 0 Å². The third-order valence-corrected chi connectivity index (χ3v) is 9.55. The summed E-state index contributed by atoms with van der Waals surface area (Å²) in [5, 5.41) is 0. The SMILES string of the molecule is CC/C=C\C/C=C\C/C=C\CCCCCCCC(=O)OC[C@H](COP(=O)([O-])OCC[N+](C)(C)C)OC(=O)CCCCCCC/C=C\CCCCCCC. The maximum atomic E-state index is 12.6. The van der Waals surface area contributed by atoms with Gasteiger partial charge in [-0.25, -0.2) is 0 Å². The van der Waals surface area contributed by atoms with Gasteiger partial charge in [-0.1, -0.05) is 127 Å². The van der Waals surface area contributed by atoms with Gasteiger partial charge in [0.1, 0.15) is 19.8 Å². The number of unbranched alkanes of at least 4 members (excludes halogenated alkanes) is 15. The molecular weight excluding hydrogens is 689 g/mol. The van der Waals surface area contributed by atoms with Crippen LogP contribution in [0.1, 0.15) is 162 Å². The van der Waals surface area contributed by atoms with Gasteiger partial charge in [0.25, 0.3) is 7.82 Å². The minimum Gasteiger partial charge on any atom is -0.756 e. The number of carbonyl (C=O) groups is 2. The summed E-state index contributed by atoms with van der Waals surface area (Å²) < 4.78 is 33.8. The molecule has 2 atom stereocenters. The minimum atomic E-state index is -4.63. The molecule has 0 N–H and O–H groups in total. The number of esters is 2. The second kappa shape index (κ2) is 35.7. The van der Waals surface area contributed by atoms with E-state index in [0.29, 0.717) is 23.9 Å². The largest absolute Gasteiger partial charge is 0.756 e. The number of phosphoric acid groups is 1. The fourth-order valence-electron chi connectivity index (χ4n) is 5.31. The van der Waals surface area contributed by atoms with E-state index in [9.17, 15) is 19.0 Å². The second-order valence-corrected chi connectivity index (χ2v) is 16.4. The lowest BCUT2D eigenvalue weighted by atomic mass is 10.1. The number of allylic oxidation sites excluding steroid dienone is 8. The van der Waals surface area contributed by atoms with Crippen LogP contribution in [0.2, 0.25) is 0 Å². The zero-order chi connectivity index (χ0) is 39.3. The Morgan fingerprint density at radius 1 is 0.604 bits per heavy atom. The molecule has 0 bridgehead atoms. The van der Waals surface area contributed by atoms with Gasteiger partial charge in [-0.2, -0.15) is 0 Å². The Balaban J connectivity index is 4.44. The number of ether oxygens (including phenoxy) is 2. The van der Waals surface area contributed by atoms with Gasteiger partial charge < -0.3 is 27.9 Å². The predicted octanol–water partition coefficient (Wildman–Crippen LogP) is 10.9. The number of quaternary nitrogens is 1. The Kier molecular flexibility index (Phi) is 34.3. The quantitative estimate of drug-likeness (QED) is 0.0202. The minimum absolute atomic E-state index is 0.0369. The van der Waals surface area contributed by atoms with E-state index in [4.69, 9.17) is 18.5 Å². The van der Waals surface area contributed by atoms with Crippen LogP contribution in [0.3, 0.4) is 0 Å². The van der Waals surface area contributed by atoms with E-state index < -0.39 is 32.5 Å². The summed E-state index contributed by atoms with van der Waals surface area (Å²) in [5.41, 5.74) is 0. The van der Waals surface area contributed by atoms with E-state index in [-0.39, 0.29) is 26.1 Å².